The molecule has 0 bridgehead atoms. The van der Waals surface area contributed by atoms with Crippen molar-refractivity contribution >= 4 is 5.69 Å². The average molecular weight is 284 g/mol. The molecule has 0 saturated heterocycles. The lowest BCUT2D eigenvalue weighted by molar-refractivity contribution is 0.324. The van der Waals surface area contributed by atoms with Gasteiger partial charge in [-0.15, -0.1) is 0 Å². The van der Waals surface area contributed by atoms with E-state index in [1.54, 1.807) is 0 Å². The van der Waals surface area contributed by atoms with Crippen molar-refractivity contribution in [1.82, 2.24) is 15.2 Å². The fourth-order valence-corrected chi connectivity index (χ4v) is 3.30. The summed E-state index contributed by atoms with van der Waals surface area (Å²) in [4.78, 5) is 4.74. The van der Waals surface area contributed by atoms with Gasteiger partial charge in [0.2, 0.25) is 0 Å². The van der Waals surface area contributed by atoms with Gasteiger partial charge >= 0.3 is 0 Å². The van der Waals surface area contributed by atoms with Crippen molar-refractivity contribution in [2.75, 3.05) is 18.5 Å². The normalized spacial score (nSPS) is 18.7. The molecule has 110 valence electrons. The first-order chi connectivity index (χ1) is 10.4. The van der Waals surface area contributed by atoms with E-state index in [0.717, 1.165) is 35.2 Å². The average Bonchev–Trinajstić information content (AvgIpc) is 3.05. The lowest BCUT2D eigenvalue weighted by Crippen LogP contribution is -2.18. The van der Waals surface area contributed by atoms with Gasteiger partial charge in [-0.25, -0.2) is 4.98 Å². The number of fused-ring (bicyclic) bond motifs is 1. The number of para-hydroxylation sites is 1. The van der Waals surface area contributed by atoms with Crippen LogP contribution < -0.4 is 10.1 Å². The molecular formula is C16H20N4O. The molecule has 4 rings (SSSR count). The summed E-state index contributed by atoms with van der Waals surface area (Å²) in [6, 6.07) is 6.08. The highest BCUT2D eigenvalue weighted by Crippen LogP contribution is 2.37. The molecule has 5 nitrogen and oxygen atoms in total. The lowest BCUT2D eigenvalue weighted by atomic mass is 9.89. The molecule has 2 heterocycles. The number of aromatic nitrogens is 3. The van der Waals surface area contributed by atoms with Gasteiger partial charge in [-0.3, -0.25) is 5.10 Å². The number of ether oxygens (including phenoxy) is 1. The summed E-state index contributed by atoms with van der Waals surface area (Å²) in [5.41, 5.74) is 2.00. The van der Waals surface area contributed by atoms with E-state index >= 15 is 0 Å². The molecule has 2 aliphatic rings. The smallest absolute Gasteiger partial charge is 0.184 e. The van der Waals surface area contributed by atoms with E-state index < -0.39 is 0 Å². The summed E-state index contributed by atoms with van der Waals surface area (Å²) in [7, 11) is 0. The predicted molar refractivity (Wildman–Crippen MR) is 81.6 cm³/mol. The summed E-state index contributed by atoms with van der Waals surface area (Å²) in [6.07, 6.45) is 6.39. The number of nitrogens with one attached hydrogen (secondary N) is 2. The number of nitrogens with zero attached hydrogens (tertiary/aromatic N) is 2. The van der Waals surface area contributed by atoms with Crippen LogP contribution in [0.3, 0.4) is 0 Å². The summed E-state index contributed by atoms with van der Waals surface area (Å²) in [5, 5.41) is 10.9. The fourth-order valence-electron chi connectivity index (χ4n) is 3.30. The second-order valence-electron chi connectivity index (χ2n) is 5.84. The number of benzene rings is 1. The van der Waals surface area contributed by atoms with E-state index in [9.17, 15) is 0 Å². The van der Waals surface area contributed by atoms with Gasteiger partial charge in [0.25, 0.3) is 0 Å². The van der Waals surface area contributed by atoms with Gasteiger partial charge < -0.3 is 10.1 Å². The number of H-pyrrole nitrogens is 1. The van der Waals surface area contributed by atoms with Crippen molar-refractivity contribution in [3.8, 4) is 17.1 Å². The monoisotopic (exact) mass is 284 g/mol. The maximum Gasteiger partial charge on any atom is 0.184 e. The molecular weight excluding hydrogens is 264 g/mol. The molecule has 1 saturated carbocycles. The zero-order valence-electron chi connectivity index (χ0n) is 12.1. The topological polar surface area (TPSA) is 62.8 Å². The molecule has 0 atom stereocenters. The Bertz CT molecular complexity index is 631. The Morgan fingerprint density at radius 2 is 2.05 bits per heavy atom. The van der Waals surface area contributed by atoms with E-state index in [1.165, 1.54) is 32.1 Å². The fraction of sp³-hybridized carbons (Fsp3) is 0.500. The van der Waals surface area contributed by atoms with Crippen LogP contribution in [0.1, 0.15) is 43.8 Å². The summed E-state index contributed by atoms with van der Waals surface area (Å²) in [5.74, 6) is 3.19. The quantitative estimate of drug-likeness (QED) is 0.888. The van der Waals surface area contributed by atoms with Crippen LogP contribution in [0.25, 0.3) is 11.4 Å². The van der Waals surface area contributed by atoms with Crippen LogP contribution in [0.15, 0.2) is 18.2 Å². The first kappa shape index (κ1) is 12.7. The molecule has 0 radical (unpaired) electrons. The van der Waals surface area contributed by atoms with Crippen LogP contribution in [0.2, 0.25) is 0 Å². The number of hydrogen-bond acceptors (Lipinski definition) is 4. The van der Waals surface area contributed by atoms with Crippen LogP contribution in [-0.2, 0) is 0 Å². The third-order valence-corrected chi connectivity index (χ3v) is 4.41. The molecule has 0 amide bonds. The van der Waals surface area contributed by atoms with E-state index in [2.05, 4.69) is 15.5 Å². The van der Waals surface area contributed by atoms with Crippen LogP contribution in [-0.4, -0.2) is 28.3 Å². The first-order valence-electron chi connectivity index (χ1n) is 7.84. The summed E-state index contributed by atoms with van der Waals surface area (Å²) >= 11 is 0. The Kier molecular flexibility index (Phi) is 3.25. The largest absolute Gasteiger partial charge is 0.489 e. The molecule has 2 N–H and O–H groups in total. The molecule has 1 aliphatic heterocycles. The Morgan fingerprint density at radius 3 is 2.95 bits per heavy atom. The van der Waals surface area contributed by atoms with Gasteiger partial charge in [-0.1, -0.05) is 25.3 Å². The SMILES string of the molecule is c1cc2c(c(-c3n[nH]c(C4CCCCC4)n3)c1)OCCN2. The maximum absolute atomic E-state index is 5.81. The second-order valence-corrected chi connectivity index (χ2v) is 5.84. The van der Waals surface area contributed by atoms with Gasteiger partial charge in [0, 0.05) is 12.5 Å². The van der Waals surface area contributed by atoms with Crippen molar-refractivity contribution in [2.24, 2.45) is 0 Å². The van der Waals surface area contributed by atoms with E-state index in [1.807, 2.05) is 18.2 Å². The van der Waals surface area contributed by atoms with E-state index in [4.69, 9.17) is 9.72 Å². The zero-order valence-corrected chi connectivity index (χ0v) is 12.1. The molecule has 1 fully saturated rings. The maximum atomic E-state index is 5.81. The minimum absolute atomic E-state index is 0.540. The van der Waals surface area contributed by atoms with Crippen molar-refractivity contribution in [3.05, 3.63) is 24.0 Å². The van der Waals surface area contributed by atoms with Crippen LogP contribution in [0.4, 0.5) is 5.69 Å². The lowest BCUT2D eigenvalue weighted by Gasteiger charge is -2.20. The van der Waals surface area contributed by atoms with Crippen molar-refractivity contribution in [1.29, 1.82) is 0 Å². The summed E-state index contributed by atoms with van der Waals surface area (Å²) < 4.78 is 5.81. The third kappa shape index (κ3) is 2.37. The Morgan fingerprint density at radius 1 is 1.14 bits per heavy atom. The van der Waals surface area contributed by atoms with Gasteiger partial charge in [0.1, 0.15) is 12.4 Å². The molecule has 0 spiro atoms. The highest BCUT2D eigenvalue weighted by molar-refractivity contribution is 5.75. The summed E-state index contributed by atoms with van der Waals surface area (Å²) in [6.45, 7) is 1.53. The van der Waals surface area contributed by atoms with E-state index in [-0.39, 0.29) is 0 Å². The molecule has 1 aliphatic carbocycles. The molecule has 21 heavy (non-hydrogen) atoms. The predicted octanol–water partition coefficient (Wildman–Crippen LogP) is 3.32. The Balaban J connectivity index is 1.66. The molecule has 1 aromatic heterocycles. The van der Waals surface area contributed by atoms with Crippen LogP contribution in [0, 0.1) is 0 Å². The second kappa shape index (κ2) is 5.39. The molecule has 2 aromatic rings. The Hall–Kier alpha value is -2.04. The highest BCUT2D eigenvalue weighted by atomic mass is 16.5. The zero-order chi connectivity index (χ0) is 14.1. The molecule has 0 unspecified atom stereocenters. The standard InChI is InChI=1S/C16H20N4O/c1-2-5-11(6-3-1)15-18-16(20-19-15)12-7-4-8-13-14(12)21-10-9-17-13/h4,7-8,11,17H,1-3,5-6,9-10H2,(H,18,19,20). The van der Waals surface area contributed by atoms with Gasteiger partial charge in [0.05, 0.1) is 11.3 Å². The van der Waals surface area contributed by atoms with Gasteiger partial charge in [-0.05, 0) is 25.0 Å². The highest BCUT2D eigenvalue weighted by Gasteiger charge is 2.22. The van der Waals surface area contributed by atoms with Gasteiger partial charge in [0.15, 0.2) is 11.6 Å². The number of hydrogen-bond donors (Lipinski definition) is 2. The minimum Gasteiger partial charge on any atom is -0.489 e. The third-order valence-electron chi connectivity index (χ3n) is 4.41. The Labute approximate surface area is 124 Å². The number of anilines is 1. The first-order valence-corrected chi connectivity index (χ1v) is 7.84. The van der Waals surface area contributed by atoms with Crippen molar-refractivity contribution in [3.63, 3.8) is 0 Å². The number of rotatable bonds is 2. The van der Waals surface area contributed by atoms with Crippen LogP contribution in [0.5, 0.6) is 5.75 Å². The number of aromatic amines is 1. The van der Waals surface area contributed by atoms with Crippen molar-refractivity contribution < 1.29 is 4.74 Å². The van der Waals surface area contributed by atoms with E-state index in [0.29, 0.717) is 12.5 Å². The minimum atomic E-state index is 0.540. The molecule has 5 heteroatoms. The van der Waals surface area contributed by atoms with Crippen molar-refractivity contribution in [2.45, 2.75) is 38.0 Å². The van der Waals surface area contributed by atoms with Crippen LogP contribution >= 0.6 is 0 Å². The molecule has 1 aromatic carbocycles. The van der Waals surface area contributed by atoms with Gasteiger partial charge in [-0.2, -0.15) is 5.10 Å².